The summed E-state index contributed by atoms with van der Waals surface area (Å²) in [5.41, 5.74) is 0. The van der Waals surface area contributed by atoms with E-state index >= 15 is 0 Å². The first kappa shape index (κ1) is 16.3. The van der Waals surface area contributed by atoms with Crippen LogP contribution in [-0.2, 0) is 6.42 Å². The summed E-state index contributed by atoms with van der Waals surface area (Å²) in [7, 11) is 2.03. The lowest BCUT2D eigenvalue weighted by molar-refractivity contribution is 0.385. The summed E-state index contributed by atoms with van der Waals surface area (Å²) in [6.07, 6.45) is 11.7. The van der Waals surface area contributed by atoms with Crippen LogP contribution in [0, 0.1) is 0 Å². The van der Waals surface area contributed by atoms with Crippen molar-refractivity contribution in [2.75, 3.05) is 7.05 Å². The van der Waals surface area contributed by atoms with Crippen LogP contribution in [0.25, 0.3) is 0 Å². The van der Waals surface area contributed by atoms with Gasteiger partial charge in [-0.05, 0) is 25.6 Å². The van der Waals surface area contributed by atoms with E-state index in [9.17, 15) is 0 Å². The van der Waals surface area contributed by atoms with Gasteiger partial charge in [0.2, 0.25) is 0 Å². The Balaban J connectivity index is 2.18. The average Bonchev–Trinajstić information content (AvgIpc) is 2.91. The lowest BCUT2D eigenvalue weighted by atomic mass is 10.0. The van der Waals surface area contributed by atoms with Crippen LogP contribution in [0.5, 0.6) is 0 Å². The third kappa shape index (κ3) is 6.29. The molecule has 0 radical (unpaired) electrons. The topological polar surface area (TPSA) is 25.2 Å². The highest BCUT2D eigenvalue weighted by Crippen LogP contribution is 2.22. The van der Waals surface area contributed by atoms with Crippen LogP contribution in [0.3, 0.4) is 0 Å². The number of furan rings is 1. The minimum atomic E-state index is 0.385. The molecule has 110 valence electrons. The molecule has 0 bridgehead atoms. The fraction of sp³-hybridized carbons (Fsp3) is 0.765. The Kier molecular flexibility index (Phi) is 8.64. The molecule has 0 saturated carbocycles. The van der Waals surface area contributed by atoms with E-state index in [0.29, 0.717) is 6.04 Å². The van der Waals surface area contributed by atoms with Crippen molar-refractivity contribution in [2.24, 2.45) is 0 Å². The van der Waals surface area contributed by atoms with Crippen molar-refractivity contribution in [1.82, 2.24) is 5.32 Å². The van der Waals surface area contributed by atoms with Gasteiger partial charge in [0.15, 0.2) is 0 Å². The minimum absolute atomic E-state index is 0.385. The zero-order chi connectivity index (χ0) is 13.9. The zero-order valence-corrected chi connectivity index (χ0v) is 13.0. The lowest BCUT2D eigenvalue weighted by Gasteiger charge is -2.13. The Bertz CT molecular complexity index is 319. The number of aryl methyl sites for hydroxylation is 1. The number of hydrogen-bond acceptors (Lipinski definition) is 2. The van der Waals surface area contributed by atoms with Gasteiger partial charge >= 0.3 is 0 Å². The van der Waals surface area contributed by atoms with E-state index in [2.05, 4.69) is 31.3 Å². The minimum Gasteiger partial charge on any atom is -0.464 e. The van der Waals surface area contributed by atoms with Crippen LogP contribution >= 0.6 is 0 Å². The third-order valence-electron chi connectivity index (χ3n) is 3.82. The standard InChI is InChI=1S/C17H31NO/c1-4-6-7-8-9-10-11-12-16(18-3)17-14-13-15(5-2)19-17/h13-14,16,18H,4-12H2,1-3H3. The van der Waals surface area contributed by atoms with Gasteiger partial charge in [-0.1, -0.05) is 58.8 Å². The highest BCUT2D eigenvalue weighted by atomic mass is 16.3. The van der Waals surface area contributed by atoms with Crippen molar-refractivity contribution in [3.63, 3.8) is 0 Å². The van der Waals surface area contributed by atoms with Gasteiger partial charge < -0.3 is 9.73 Å². The molecule has 1 heterocycles. The normalized spacial score (nSPS) is 12.8. The van der Waals surface area contributed by atoms with Gasteiger partial charge in [0.05, 0.1) is 6.04 Å². The molecule has 1 unspecified atom stereocenters. The molecule has 2 heteroatoms. The van der Waals surface area contributed by atoms with E-state index in [-0.39, 0.29) is 0 Å². The van der Waals surface area contributed by atoms with Crippen LogP contribution in [0.4, 0.5) is 0 Å². The van der Waals surface area contributed by atoms with E-state index in [1.807, 2.05) is 7.05 Å². The second kappa shape index (κ2) is 10.1. The van der Waals surface area contributed by atoms with E-state index in [1.165, 1.54) is 51.4 Å². The highest BCUT2D eigenvalue weighted by molar-refractivity contribution is 5.10. The molecule has 0 aliphatic heterocycles. The van der Waals surface area contributed by atoms with Crippen molar-refractivity contribution in [1.29, 1.82) is 0 Å². The summed E-state index contributed by atoms with van der Waals surface area (Å²) >= 11 is 0. The molecular weight excluding hydrogens is 234 g/mol. The van der Waals surface area contributed by atoms with Crippen molar-refractivity contribution in [3.05, 3.63) is 23.7 Å². The number of hydrogen-bond donors (Lipinski definition) is 1. The first-order chi connectivity index (χ1) is 9.31. The summed E-state index contributed by atoms with van der Waals surface area (Å²) in [5.74, 6) is 2.19. The fourth-order valence-corrected chi connectivity index (χ4v) is 2.51. The molecular formula is C17H31NO. The van der Waals surface area contributed by atoms with Crippen LogP contribution in [0.15, 0.2) is 16.5 Å². The zero-order valence-electron chi connectivity index (χ0n) is 13.0. The molecule has 0 fully saturated rings. The quantitative estimate of drug-likeness (QED) is 0.553. The van der Waals surface area contributed by atoms with Crippen LogP contribution < -0.4 is 5.32 Å². The molecule has 19 heavy (non-hydrogen) atoms. The Hall–Kier alpha value is -0.760. The third-order valence-corrected chi connectivity index (χ3v) is 3.82. The summed E-state index contributed by atoms with van der Waals surface area (Å²) in [4.78, 5) is 0. The summed E-state index contributed by atoms with van der Waals surface area (Å²) in [5, 5.41) is 3.37. The maximum Gasteiger partial charge on any atom is 0.121 e. The average molecular weight is 265 g/mol. The van der Waals surface area contributed by atoms with Gasteiger partial charge in [-0.25, -0.2) is 0 Å². The maximum absolute atomic E-state index is 5.83. The van der Waals surface area contributed by atoms with Crippen molar-refractivity contribution in [2.45, 2.75) is 77.7 Å². The molecule has 1 N–H and O–H groups in total. The molecule has 0 spiro atoms. The second-order valence-electron chi connectivity index (χ2n) is 5.41. The summed E-state index contributed by atoms with van der Waals surface area (Å²) < 4.78 is 5.83. The van der Waals surface area contributed by atoms with Crippen molar-refractivity contribution in [3.8, 4) is 0 Å². The molecule has 1 aromatic rings. The summed E-state index contributed by atoms with van der Waals surface area (Å²) in [6, 6.07) is 4.61. The first-order valence-electron chi connectivity index (χ1n) is 8.07. The van der Waals surface area contributed by atoms with E-state index in [4.69, 9.17) is 4.42 Å². The highest BCUT2D eigenvalue weighted by Gasteiger charge is 2.12. The molecule has 1 atom stereocenters. The Labute approximate surface area is 119 Å². The van der Waals surface area contributed by atoms with Crippen LogP contribution in [0.2, 0.25) is 0 Å². The molecule has 1 rings (SSSR count). The number of nitrogens with one attached hydrogen (secondary N) is 1. The first-order valence-corrected chi connectivity index (χ1v) is 8.07. The smallest absolute Gasteiger partial charge is 0.121 e. The molecule has 0 aliphatic rings. The van der Waals surface area contributed by atoms with Crippen LogP contribution in [0.1, 0.15) is 82.8 Å². The Morgan fingerprint density at radius 3 is 2.26 bits per heavy atom. The molecule has 1 aromatic heterocycles. The SMILES string of the molecule is CCCCCCCCCC(NC)c1ccc(CC)o1. The fourth-order valence-electron chi connectivity index (χ4n) is 2.51. The molecule has 0 aromatic carbocycles. The van der Waals surface area contributed by atoms with Gasteiger partial charge in [-0.3, -0.25) is 0 Å². The predicted molar refractivity (Wildman–Crippen MR) is 82.5 cm³/mol. The number of rotatable bonds is 11. The maximum atomic E-state index is 5.83. The molecule has 0 aliphatic carbocycles. The Morgan fingerprint density at radius 2 is 1.68 bits per heavy atom. The second-order valence-corrected chi connectivity index (χ2v) is 5.41. The summed E-state index contributed by atoms with van der Waals surface area (Å²) in [6.45, 7) is 4.40. The molecule has 0 saturated heterocycles. The van der Waals surface area contributed by atoms with E-state index < -0.39 is 0 Å². The molecule has 2 nitrogen and oxygen atoms in total. The van der Waals surface area contributed by atoms with Gasteiger partial charge in [-0.2, -0.15) is 0 Å². The monoisotopic (exact) mass is 265 g/mol. The largest absolute Gasteiger partial charge is 0.464 e. The van der Waals surface area contributed by atoms with Gasteiger partial charge in [-0.15, -0.1) is 0 Å². The lowest BCUT2D eigenvalue weighted by Crippen LogP contribution is -2.15. The molecule has 0 amide bonds. The van der Waals surface area contributed by atoms with Gasteiger partial charge in [0, 0.05) is 6.42 Å². The van der Waals surface area contributed by atoms with Gasteiger partial charge in [0.25, 0.3) is 0 Å². The van der Waals surface area contributed by atoms with Crippen LogP contribution in [-0.4, -0.2) is 7.05 Å². The van der Waals surface area contributed by atoms with Gasteiger partial charge in [0.1, 0.15) is 11.5 Å². The van der Waals surface area contributed by atoms with Crippen molar-refractivity contribution < 1.29 is 4.42 Å². The predicted octanol–water partition coefficient (Wildman–Crippen LogP) is 5.24. The van der Waals surface area contributed by atoms with E-state index in [1.54, 1.807) is 0 Å². The Morgan fingerprint density at radius 1 is 1.00 bits per heavy atom. The number of unbranched alkanes of at least 4 members (excludes halogenated alkanes) is 6. The van der Waals surface area contributed by atoms with E-state index in [0.717, 1.165) is 17.9 Å². The van der Waals surface area contributed by atoms with Crippen molar-refractivity contribution >= 4 is 0 Å².